The van der Waals surface area contributed by atoms with Crippen molar-refractivity contribution in [2.24, 2.45) is 13.0 Å². The van der Waals surface area contributed by atoms with Crippen molar-refractivity contribution in [3.05, 3.63) is 52.1 Å². The highest BCUT2D eigenvalue weighted by atomic mass is 35.5. The van der Waals surface area contributed by atoms with Gasteiger partial charge in [0.05, 0.1) is 22.3 Å². The molecule has 0 fully saturated rings. The number of carbonyl (C=O) groups is 1. The Bertz CT molecular complexity index is 670. The van der Waals surface area contributed by atoms with E-state index in [1.807, 2.05) is 0 Å². The van der Waals surface area contributed by atoms with Crippen LogP contribution in [0.15, 0.2) is 24.3 Å². The van der Waals surface area contributed by atoms with Crippen molar-refractivity contribution in [2.45, 2.75) is 19.8 Å². The van der Waals surface area contributed by atoms with Crippen LogP contribution < -0.4 is 0 Å². The smallest absolute Gasteiger partial charge is 0.307 e. The van der Waals surface area contributed by atoms with Gasteiger partial charge in [-0.2, -0.15) is 5.10 Å². The first kappa shape index (κ1) is 15.5. The van der Waals surface area contributed by atoms with E-state index in [1.54, 1.807) is 36.9 Å². The third kappa shape index (κ3) is 3.42. The summed E-state index contributed by atoms with van der Waals surface area (Å²) in [6.07, 6.45) is 0.322. The number of nitrogens with zero attached hydrogens (tertiary/aromatic N) is 2. The van der Waals surface area contributed by atoms with Crippen LogP contribution in [0.25, 0.3) is 0 Å². The van der Waals surface area contributed by atoms with Crippen molar-refractivity contribution in [3.63, 3.8) is 0 Å². The number of aromatic nitrogens is 2. The van der Waals surface area contributed by atoms with Gasteiger partial charge in [-0.3, -0.25) is 9.48 Å². The molecule has 1 atom stereocenters. The van der Waals surface area contributed by atoms with E-state index < -0.39 is 17.7 Å². The van der Waals surface area contributed by atoms with Gasteiger partial charge in [-0.1, -0.05) is 29.8 Å². The zero-order chi connectivity index (χ0) is 15.6. The van der Waals surface area contributed by atoms with Crippen LogP contribution in [0.2, 0.25) is 5.02 Å². The molecule has 1 N–H and O–H groups in total. The van der Waals surface area contributed by atoms with Crippen LogP contribution >= 0.6 is 11.6 Å². The maximum absolute atomic E-state index is 13.7. The summed E-state index contributed by atoms with van der Waals surface area (Å²) in [5.74, 6) is -2.13. The summed E-state index contributed by atoms with van der Waals surface area (Å²) in [6.45, 7) is 1.76. The van der Waals surface area contributed by atoms with Crippen molar-refractivity contribution < 1.29 is 14.3 Å². The van der Waals surface area contributed by atoms with Gasteiger partial charge in [0, 0.05) is 13.5 Å². The third-order valence-corrected chi connectivity index (χ3v) is 3.97. The van der Waals surface area contributed by atoms with Crippen LogP contribution in [0, 0.1) is 18.7 Å². The summed E-state index contributed by atoms with van der Waals surface area (Å²) in [5, 5.41) is 14.0. The standard InChI is InChI=1S/C15H16ClFN2O2/c1-9-14(16)13(19(2)18-9)8-11(15(20)21)7-10-5-3-4-6-12(10)17/h3-6,11H,7-8H2,1-2H3,(H,20,21). The SMILES string of the molecule is Cc1nn(C)c(CC(Cc2ccccc2F)C(=O)O)c1Cl. The number of rotatable bonds is 5. The van der Waals surface area contributed by atoms with Gasteiger partial charge in [-0.05, 0) is 25.0 Å². The third-order valence-electron chi connectivity index (χ3n) is 3.47. The minimum Gasteiger partial charge on any atom is -0.481 e. The van der Waals surface area contributed by atoms with Gasteiger partial charge in [-0.15, -0.1) is 0 Å². The molecule has 0 aliphatic rings. The molecule has 0 bridgehead atoms. The van der Waals surface area contributed by atoms with Crippen LogP contribution in [-0.4, -0.2) is 20.9 Å². The number of aliphatic carboxylic acids is 1. The van der Waals surface area contributed by atoms with Gasteiger partial charge in [-0.25, -0.2) is 4.39 Å². The van der Waals surface area contributed by atoms with E-state index in [1.165, 1.54) is 6.07 Å². The minimum atomic E-state index is -0.979. The summed E-state index contributed by atoms with van der Waals surface area (Å²) in [5.41, 5.74) is 1.70. The fourth-order valence-corrected chi connectivity index (χ4v) is 2.55. The van der Waals surface area contributed by atoms with E-state index in [-0.39, 0.29) is 12.8 Å². The second-order valence-electron chi connectivity index (χ2n) is 5.00. The van der Waals surface area contributed by atoms with E-state index in [2.05, 4.69) is 5.10 Å². The molecule has 0 spiro atoms. The Morgan fingerprint density at radius 1 is 1.43 bits per heavy atom. The number of hydrogen-bond donors (Lipinski definition) is 1. The number of hydrogen-bond acceptors (Lipinski definition) is 2. The molecule has 0 aliphatic heterocycles. The molecule has 2 rings (SSSR count). The average Bonchev–Trinajstić information content (AvgIpc) is 2.66. The van der Waals surface area contributed by atoms with Crippen LogP contribution in [0.1, 0.15) is 17.0 Å². The normalized spacial score (nSPS) is 12.4. The summed E-state index contributed by atoms with van der Waals surface area (Å²) in [4.78, 5) is 11.5. The van der Waals surface area contributed by atoms with Crippen LogP contribution in [0.3, 0.4) is 0 Å². The van der Waals surface area contributed by atoms with Crippen molar-refractivity contribution in [1.82, 2.24) is 9.78 Å². The van der Waals surface area contributed by atoms with Crippen molar-refractivity contribution in [2.75, 3.05) is 0 Å². The molecule has 1 aromatic heterocycles. The molecule has 21 heavy (non-hydrogen) atoms. The Hall–Kier alpha value is -1.88. The Morgan fingerprint density at radius 2 is 2.10 bits per heavy atom. The Morgan fingerprint density at radius 3 is 2.62 bits per heavy atom. The largest absolute Gasteiger partial charge is 0.481 e. The molecule has 0 amide bonds. The van der Waals surface area contributed by atoms with Crippen molar-refractivity contribution in [3.8, 4) is 0 Å². The fourth-order valence-electron chi connectivity index (χ4n) is 2.31. The lowest BCUT2D eigenvalue weighted by molar-refractivity contribution is -0.141. The first-order chi connectivity index (χ1) is 9.90. The highest BCUT2D eigenvalue weighted by Crippen LogP contribution is 2.24. The highest BCUT2D eigenvalue weighted by Gasteiger charge is 2.24. The van der Waals surface area contributed by atoms with Gasteiger partial charge in [0.25, 0.3) is 0 Å². The molecule has 1 heterocycles. The lowest BCUT2D eigenvalue weighted by atomic mass is 9.94. The topological polar surface area (TPSA) is 55.1 Å². The summed E-state index contributed by atoms with van der Waals surface area (Å²) < 4.78 is 15.3. The summed E-state index contributed by atoms with van der Waals surface area (Å²) in [7, 11) is 1.72. The van der Waals surface area contributed by atoms with E-state index in [9.17, 15) is 14.3 Å². The molecule has 2 aromatic rings. The number of aryl methyl sites for hydroxylation is 2. The molecular formula is C15H16ClFN2O2. The molecule has 1 unspecified atom stereocenters. The second kappa shape index (κ2) is 6.26. The van der Waals surface area contributed by atoms with E-state index in [0.29, 0.717) is 22.0 Å². The monoisotopic (exact) mass is 310 g/mol. The molecule has 0 saturated heterocycles. The molecule has 1 aromatic carbocycles. The molecule has 0 aliphatic carbocycles. The lowest BCUT2D eigenvalue weighted by Crippen LogP contribution is -2.21. The number of carboxylic acid groups (broad SMARTS) is 1. The predicted molar refractivity (Wildman–Crippen MR) is 77.9 cm³/mol. The Labute approximate surface area is 127 Å². The van der Waals surface area contributed by atoms with E-state index >= 15 is 0 Å². The molecule has 6 heteroatoms. The summed E-state index contributed by atoms with van der Waals surface area (Å²) >= 11 is 6.15. The van der Waals surface area contributed by atoms with Crippen LogP contribution in [-0.2, 0) is 24.7 Å². The van der Waals surface area contributed by atoms with Crippen LogP contribution in [0.5, 0.6) is 0 Å². The quantitative estimate of drug-likeness (QED) is 0.923. The van der Waals surface area contributed by atoms with Gasteiger partial charge in [0.1, 0.15) is 5.82 Å². The average molecular weight is 311 g/mol. The first-order valence-electron chi connectivity index (χ1n) is 6.54. The number of halogens is 2. The van der Waals surface area contributed by atoms with Gasteiger partial charge < -0.3 is 5.11 Å². The van der Waals surface area contributed by atoms with E-state index in [4.69, 9.17) is 11.6 Å². The van der Waals surface area contributed by atoms with Gasteiger partial charge in [0.15, 0.2) is 0 Å². The predicted octanol–water partition coefficient (Wildman–Crippen LogP) is 3.01. The van der Waals surface area contributed by atoms with E-state index in [0.717, 1.165) is 0 Å². The Kier molecular flexibility index (Phi) is 4.63. The van der Waals surface area contributed by atoms with Gasteiger partial charge in [0.2, 0.25) is 0 Å². The maximum Gasteiger partial charge on any atom is 0.307 e. The summed E-state index contributed by atoms with van der Waals surface area (Å²) in [6, 6.07) is 6.20. The highest BCUT2D eigenvalue weighted by molar-refractivity contribution is 6.31. The van der Waals surface area contributed by atoms with Crippen molar-refractivity contribution >= 4 is 17.6 Å². The number of carboxylic acids is 1. The molecule has 112 valence electrons. The molecular weight excluding hydrogens is 295 g/mol. The maximum atomic E-state index is 13.7. The second-order valence-corrected chi connectivity index (χ2v) is 5.38. The van der Waals surface area contributed by atoms with Crippen molar-refractivity contribution in [1.29, 1.82) is 0 Å². The lowest BCUT2D eigenvalue weighted by Gasteiger charge is -2.13. The zero-order valence-corrected chi connectivity index (χ0v) is 12.6. The molecule has 0 saturated carbocycles. The Balaban J connectivity index is 2.24. The molecule has 4 nitrogen and oxygen atoms in total. The fraction of sp³-hybridized carbons (Fsp3) is 0.333. The first-order valence-corrected chi connectivity index (χ1v) is 6.92. The van der Waals surface area contributed by atoms with Crippen LogP contribution in [0.4, 0.5) is 4.39 Å². The zero-order valence-electron chi connectivity index (χ0n) is 11.8. The molecule has 0 radical (unpaired) electrons. The number of benzene rings is 1. The minimum absolute atomic E-state index is 0.114. The van der Waals surface area contributed by atoms with Gasteiger partial charge >= 0.3 is 5.97 Å².